The van der Waals surface area contributed by atoms with Crippen LogP contribution in [0.5, 0.6) is 0 Å². The van der Waals surface area contributed by atoms with E-state index >= 15 is 0 Å². The predicted octanol–water partition coefficient (Wildman–Crippen LogP) is 11.5. The van der Waals surface area contributed by atoms with Gasteiger partial charge in [0.2, 0.25) is 0 Å². The SMILES string of the molecule is [N-]=[N+]=N[C@@H]1[C@H](OC[C@H]2O[C@@H](OCc3ccccc3)[C@H](OCc3ccccc3)[C@@H](OCc3ccccc3)[C@@H]2OCc2ccccc2)O[C@H](COCc2ccccc2)[C@@H](OCc2ccccc2)[C@@H]1OCc1ccccc1. The monoisotopic (exact) mass is 997 g/mol. The Kier molecular flexibility index (Phi) is 19.9. The average molecular weight is 998 g/mol. The molecule has 10 atom stereocenters. The quantitative estimate of drug-likeness (QED) is 0.0292. The van der Waals surface area contributed by atoms with Crippen molar-refractivity contribution in [3.63, 3.8) is 0 Å². The summed E-state index contributed by atoms with van der Waals surface area (Å²) in [6.45, 7) is 1.73. The van der Waals surface area contributed by atoms with Crippen LogP contribution >= 0.6 is 0 Å². The summed E-state index contributed by atoms with van der Waals surface area (Å²) in [6.07, 6.45) is -7.61. The van der Waals surface area contributed by atoms with Crippen LogP contribution in [0.1, 0.15) is 38.9 Å². The Hall–Kier alpha value is -6.55. The van der Waals surface area contributed by atoms with Gasteiger partial charge in [-0.05, 0) is 44.5 Å². The molecule has 7 aromatic rings. The highest BCUT2D eigenvalue weighted by atomic mass is 16.7. The van der Waals surface area contributed by atoms with Crippen molar-refractivity contribution < 1.29 is 47.4 Å². The standard InChI is InChI=1S/C61H63N3O10/c62-64-63-54-57(68-39-48-28-14-4-15-29-48)55(66-37-46-24-10-2-11-25-46)52(43-65-36-45-22-8-1-9-23-45)73-60(54)72-44-53-56(67-38-47-26-12-3-13-27-47)58(69-40-49-30-16-5-17-31-49)59(70-41-50-32-18-6-19-33-50)61(74-53)71-42-51-34-20-7-21-35-51/h1-35,52-61H,36-44H2/t52-,53-,54+,55-,56-,57-,58+,59-,60-,61-/m1/s1. The van der Waals surface area contributed by atoms with Crippen LogP contribution in [0, 0.1) is 0 Å². The third kappa shape index (κ3) is 15.3. The second kappa shape index (κ2) is 28.2. The molecule has 0 N–H and O–H groups in total. The van der Waals surface area contributed by atoms with Crippen LogP contribution in [0.25, 0.3) is 10.4 Å². The molecule has 9 rings (SSSR count). The van der Waals surface area contributed by atoms with Crippen molar-refractivity contribution >= 4 is 0 Å². The third-order valence-electron chi connectivity index (χ3n) is 12.9. The van der Waals surface area contributed by atoms with E-state index in [1.807, 2.05) is 212 Å². The lowest BCUT2D eigenvalue weighted by molar-refractivity contribution is -0.342. The van der Waals surface area contributed by atoms with Crippen LogP contribution in [0.3, 0.4) is 0 Å². The second-order valence-electron chi connectivity index (χ2n) is 18.2. The van der Waals surface area contributed by atoms with E-state index in [1.54, 1.807) is 0 Å². The maximum Gasteiger partial charge on any atom is 0.187 e. The molecule has 0 aliphatic carbocycles. The average Bonchev–Trinajstić information content (AvgIpc) is 3.46. The third-order valence-corrected chi connectivity index (χ3v) is 12.9. The normalized spacial score (nSPS) is 23.7. The van der Waals surface area contributed by atoms with E-state index in [0.717, 1.165) is 38.9 Å². The number of ether oxygens (including phenoxy) is 10. The van der Waals surface area contributed by atoms with Gasteiger partial charge in [-0.25, -0.2) is 0 Å². The van der Waals surface area contributed by atoms with Gasteiger partial charge in [0.25, 0.3) is 0 Å². The molecule has 0 aromatic heterocycles. The molecule has 2 aliphatic rings. The minimum atomic E-state index is -1.16. The first-order valence-electron chi connectivity index (χ1n) is 25.2. The molecule has 2 saturated heterocycles. The first-order valence-corrected chi connectivity index (χ1v) is 25.2. The van der Waals surface area contributed by atoms with Crippen molar-refractivity contribution in [2.75, 3.05) is 13.2 Å². The van der Waals surface area contributed by atoms with Gasteiger partial charge < -0.3 is 47.4 Å². The molecule has 0 saturated carbocycles. The fraction of sp³-hybridized carbons (Fsp3) is 0.311. The second-order valence-corrected chi connectivity index (χ2v) is 18.2. The molecular weight excluding hydrogens is 935 g/mol. The lowest BCUT2D eigenvalue weighted by atomic mass is 9.96. The molecule has 382 valence electrons. The van der Waals surface area contributed by atoms with Crippen LogP contribution in [-0.4, -0.2) is 74.6 Å². The largest absolute Gasteiger partial charge is 0.374 e. The van der Waals surface area contributed by atoms with Crippen LogP contribution in [0.4, 0.5) is 0 Å². The molecule has 2 aliphatic heterocycles. The zero-order valence-electron chi connectivity index (χ0n) is 41.3. The van der Waals surface area contributed by atoms with Crippen LogP contribution < -0.4 is 0 Å². The number of hydrogen-bond donors (Lipinski definition) is 0. The highest BCUT2D eigenvalue weighted by molar-refractivity contribution is 5.19. The molecule has 0 bridgehead atoms. The summed E-state index contributed by atoms with van der Waals surface area (Å²) in [4.78, 5) is 3.34. The molecule has 13 nitrogen and oxygen atoms in total. The Morgan fingerprint density at radius 1 is 0.324 bits per heavy atom. The molecule has 0 unspecified atom stereocenters. The van der Waals surface area contributed by atoms with Crippen molar-refractivity contribution in [3.8, 4) is 0 Å². The van der Waals surface area contributed by atoms with Gasteiger partial charge in [0.1, 0.15) is 48.8 Å². The van der Waals surface area contributed by atoms with Gasteiger partial charge in [-0.15, -0.1) is 0 Å². The highest BCUT2D eigenvalue weighted by Gasteiger charge is 2.52. The van der Waals surface area contributed by atoms with Gasteiger partial charge in [0.05, 0.1) is 59.5 Å². The van der Waals surface area contributed by atoms with Crippen molar-refractivity contribution in [3.05, 3.63) is 262 Å². The smallest absolute Gasteiger partial charge is 0.187 e. The van der Waals surface area contributed by atoms with Crippen LogP contribution in [-0.2, 0) is 93.6 Å². The van der Waals surface area contributed by atoms with Crippen LogP contribution in [0.2, 0.25) is 0 Å². The lowest BCUT2D eigenvalue weighted by Crippen LogP contribution is -2.63. The molecule has 0 amide bonds. The fourth-order valence-electron chi connectivity index (χ4n) is 9.10. The maximum atomic E-state index is 10.3. The Bertz CT molecular complexity index is 2690. The number of nitrogens with zero attached hydrogens (tertiary/aromatic N) is 3. The molecule has 0 spiro atoms. The van der Waals surface area contributed by atoms with E-state index in [9.17, 15) is 5.53 Å². The molecule has 2 fully saturated rings. The summed E-state index contributed by atoms with van der Waals surface area (Å²) >= 11 is 0. The molecule has 13 heteroatoms. The summed E-state index contributed by atoms with van der Waals surface area (Å²) in [6, 6.07) is 68.4. The van der Waals surface area contributed by atoms with Gasteiger partial charge in [-0.1, -0.05) is 217 Å². The zero-order chi connectivity index (χ0) is 50.4. The maximum absolute atomic E-state index is 10.3. The molecular formula is C61H63N3O10. The van der Waals surface area contributed by atoms with Crippen molar-refractivity contribution in [2.24, 2.45) is 5.11 Å². The summed E-state index contributed by atoms with van der Waals surface area (Å²) in [7, 11) is 0. The minimum Gasteiger partial charge on any atom is -0.374 e. The van der Waals surface area contributed by atoms with Gasteiger partial charge in [-0.3, -0.25) is 0 Å². The molecule has 0 radical (unpaired) electrons. The molecule has 2 heterocycles. The van der Waals surface area contributed by atoms with E-state index in [0.29, 0.717) is 6.61 Å². The van der Waals surface area contributed by atoms with Gasteiger partial charge in [0.15, 0.2) is 12.6 Å². The van der Waals surface area contributed by atoms with E-state index in [4.69, 9.17) is 47.4 Å². The van der Waals surface area contributed by atoms with Crippen molar-refractivity contribution in [1.82, 2.24) is 0 Å². The van der Waals surface area contributed by atoms with Crippen LogP contribution in [0.15, 0.2) is 217 Å². The first kappa shape index (κ1) is 52.3. The van der Waals surface area contributed by atoms with E-state index in [1.165, 1.54) is 0 Å². The first-order chi connectivity index (χ1) is 36.7. The Morgan fingerprint density at radius 2 is 0.635 bits per heavy atom. The topological polar surface area (TPSA) is 141 Å². The number of rotatable bonds is 26. The van der Waals surface area contributed by atoms with E-state index in [2.05, 4.69) is 10.0 Å². The van der Waals surface area contributed by atoms with E-state index in [-0.39, 0.29) is 52.9 Å². The van der Waals surface area contributed by atoms with Gasteiger partial charge in [-0.2, -0.15) is 0 Å². The highest BCUT2D eigenvalue weighted by Crippen LogP contribution is 2.35. The van der Waals surface area contributed by atoms with Gasteiger partial charge >= 0.3 is 0 Å². The summed E-state index contributed by atoms with van der Waals surface area (Å²) in [5.74, 6) is 0. The number of benzene rings is 7. The van der Waals surface area contributed by atoms with Crippen molar-refractivity contribution in [2.45, 2.75) is 108 Å². The predicted molar refractivity (Wildman–Crippen MR) is 279 cm³/mol. The van der Waals surface area contributed by atoms with Gasteiger partial charge in [0, 0.05) is 4.91 Å². The Labute approximate surface area is 433 Å². The minimum absolute atomic E-state index is 0.108. The molecule has 74 heavy (non-hydrogen) atoms. The number of hydrogen-bond acceptors (Lipinski definition) is 11. The number of azide groups is 1. The lowest BCUT2D eigenvalue weighted by Gasteiger charge is -2.47. The van der Waals surface area contributed by atoms with Crippen molar-refractivity contribution in [1.29, 1.82) is 0 Å². The molecule has 7 aromatic carbocycles. The zero-order valence-corrected chi connectivity index (χ0v) is 41.3. The summed E-state index contributed by atoms with van der Waals surface area (Å²) < 4.78 is 68.3. The fourth-order valence-corrected chi connectivity index (χ4v) is 9.10. The summed E-state index contributed by atoms with van der Waals surface area (Å²) in [5.41, 5.74) is 17.0. The summed E-state index contributed by atoms with van der Waals surface area (Å²) in [5, 5.41) is 4.35. The van der Waals surface area contributed by atoms with E-state index < -0.39 is 61.3 Å². The Morgan fingerprint density at radius 3 is 1.04 bits per heavy atom. The Balaban J connectivity index is 1.05.